The SMILES string of the molecule is Cc1cnc(Oc2ccc(C(C)(C)C)cc2C)c(Br)c1. The summed E-state index contributed by atoms with van der Waals surface area (Å²) in [5.41, 5.74) is 3.67. The number of nitrogens with zero attached hydrogens (tertiary/aromatic N) is 1. The number of halogens is 1. The molecule has 0 saturated carbocycles. The Hall–Kier alpha value is -1.35. The van der Waals surface area contributed by atoms with Crippen molar-refractivity contribution >= 4 is 15.9 Å². The van der Waals surface area contributed by atoms with E-state index in [2.05, 4.69) is 60.7 Å². The molecular formula is C17H20BrNO. The number of pyridine rings is 1. The Labute approximate surface area is 129 Å². The maximum absolute atomic E-state index is 5.90. The van der Waals surface area contributed by atoms with Gasteiger partial charge in [0.2, 0.25) is 5.88 Å². The predicted molar refractivity (Wildman–Crippen MR) is 86.6 cm³/mol. The van der Waals surface area contributed by atoms with Gasteiger partial charge >= 0.3 is 0 Å². The average Bonchev–Trinajstić information content (AvgIpc) is 2.33. The van der Waals surface area contributed by atoms with Crippen LogP contribution in [0.1, 0.15) is 37.5 Å². The van der Waals surface area contributed by atoms with E-state index in [1.165, 1.54) is 5.56 Å². The Balaban J connectivity index is 2.30. The zero-order valence-electron chi connectivity index (χ0n) is 12.6. The third kappa shape index (κ3) is 3.40. The van der Waals surface area contributed by atoms with Gasteiger partial charge in [0.25, 0.3) is 0 Å². The first kappa shape index (κ1) is 15.0. The molecule has 2 nitrogen and oxygen atoms in total. The Bertz CT molecular complexity index is 629. The van der Waals surface area contributed by atoms with Gasteiger partial charge in [0, 0.05) is 6.20 Å². The fourth-order valence-corrected chi connectivity index (χ4v) is 2.48. The molecule has 0 spiro atoms. The van der Waals surface area contributed by atoms with Crippen LogP contribution in [0.15, 0.2) is 34.9 Å². The van der Waals surface area contributed by atoms with Crippen LogP contribution in [-0.2, 0) is 5.41 Å². The van der Waals surface area contributed by atoms with Crippen LogP contribution in [0.3, 0.4) is 0 Å². The minimum absolute atomic E-state index is 0.145. The van der Waals surface area contributed by atoms with Crippen molar-refractivity contribution in [2.45, 2.75) is 40.0 Å². The molecule has 0 fully saturated rings. The predicted octanol–water partition coefficient (Wildman–Crippen LogP) is 5.55. The van der Waals surface area contributed by atoms with Crippen molar-refractivity contribution in [3.8, 4) is 11.6 Å². The summed E-state index contributed by atoms with van der Waals surface area (Å²) in [6, 6.07) is 8.31. The monoisotopic (exact) mass is 333 g/mol. The lowest BCUT2D eigenvalue weighted by atomic mass is 9.86. The zero-order chi connectivity index (χ0) is 14.9. The molecule has 1 aromatic carbocycles. The second kappa shape index (κ2) is 5.57. The lowest BCUT2D eigenvalue weighted by Crippen LogP contribution is -2.11. The molecule has 0 amide bonds. The Morgan fingerprint density at radius 1 is 1.10 bits per heavy atom. The highest BCUT2D eigenvalue weighted by atomic mass is 79.9. The molecule has 3 heteroatoms. The fraction of sp³-hybridized carbons (Fsp3) is 0.353. The summed E-state index contributed by atoms with van der Waals surface area (Å²) >= 11 is 3.49. The summed E-state index contributed by atoms with van der Waals surface area (Å²) < 4.78 is 6.78. The maximum Gasteiger partial charge on any atom is 0.233 e. The molecule has 0 aliphatic rings. The molecule has 0 saturated heterocycles. The largest absolute Gasteiger partial charge is 0.438 e. The maximum atomic E-state index is 5.90. The second-order valence-electron chi connectivity index (χ2n) is 6.13. The second-order valence-corrected chi connectivity index (χ2v) is 6.99. The first-order valence-corrected chi connectivity index (χ1v) is 7.48. The lowest BCUT2D eigenvalue weighted by Gasteiger charge is -2.20. The third-order valence-electron chi connectivity index (χ3n) is 3.19. The quantitative estimate of drug-likeness (QED) is 0.718. The van der Waals surface area contributed by atoms with Gasteiger partial charge in [0.1, 0.15) is 5.75 Å². The minimum atomic E-state index is 0.145. The van der Waals surface area contributed by atoms with E-state index < -0.39 is 0 Å². The van der Waals surface area contributed by atoms with Gasteiger partial charge in [-0.3, -0.25) is 0 Å². The van der Waals surface area contributed by atoms with Gasteiger partial charge in [-0.05, 0) is 64.0 Å². The average molecular weight is 334 g/mol. The number of aryl methyl sites for hydroxylation is 2. The van der Waals surface area contributed by atoms with E-state index in [1.807, 2.05) is 19.1 Å². The van der Waals surface area contributed by atoms with Crippen LogP contribution in [0, 0.1) is 13.8 Å². The van der Waals surface area contributed by atoms with Gasteiger partial charge < -0.3 is 4.74 Å². The van der Waals surface area contributed by atoms with E-state index in [1.54, 1.807) is 6.20 Å². The molecule has 2 aromatic rings. The van der Waals surface area contributed by atoms with Crippen molar-refractivity contribution in [2.75, 3.05) is 0 Å². The molecule has 0 radical (unpaired) electrons. The number of benzene rings is 1. The molecule has 106 valence electrons. The van der Waals surface area contributed by atoms with Crippen LogP contribution in [-0.4, -0.2) is 4.98 Å². The van der Waals surface area contributed by atoms with Crippen LogP contribution >= 0.6 is 15.9 Å². The molecule has 0 unspecified atom stereocenters. The van der Waals surface area contributed by atoms with Crippen LogP contribution in [0.25, 0.3) is 0 Å². The highest BCUT2D eigenvalue weighted by molar-refractivity contribution is 9.10. The molecule has 1 aromatic heterocycles. The lowest BCUT2D eigenvalue weighted by molar-refractivity contribution is 0.455. The van der Waals surface area contributed by atoms with E-state index in [4.69, 9.17) is 4.74 Å². The zero-order valence-corrected chi connectivity index (χ0v) is 14.2. The molecule has 0 aliphatic heterocycles. The molecule has 0 atom stereocenters. The topological polar surface area (TPSA) is 22.1 Å². The van der Waals surface area contributed by atoms with Gasteiger partial charge in [0.15, 0.2) is 0 Å². The first-order valence-electron chi connectivity index (χ1n) is 6.68. The van der Waals surface area contributed by atoms with Gasteiger partial charge in [0.05, 0.1) is 4.47 Å². The van der Waals surface area contributed by atoms with Gasteiger partial charge in [-0.1, -0.05) is 32.9 Å². The molecule has 20 heavy (non-hydrogen) atoms. The molecular weight excluding hydrogens is 314 g/mol. The van der Waals surface area contributed by atoms with Gasteiger partial charge in [-0.2, -0.15) is 0 Å². The van der Waals surface area contributed by atoms with E-state index in [0.29, 0.717) is 5.88 Å². The summed E-state index contributed by atoms with van der Waals surface area (Å²) in [5.74, 6) is 1.44. The van der Waals surface area contributed by atoms with E-state index in [0.717, 1.165) is 21.3 Å². The number of hydrogen-bond acceptors (Lipinski definition) is 2. The third-order valence-corrected chi connectivity index (χ3v) is 3.76. The molecule has 2 rings (SSSR count). The van der Waals surface area contributed by atoms with E-state index >= 15 is 0 Å². The van der Waals surface area contributed by atoms with E-state index in [-0.39, 0.29) is 5.41 Å². The first-order chi connectivity index (χ1) is 9.27. The van der Waals surface area contributed by atoms with Crippen molar-refractivity contribution in [1.82, 2.24) is 4.98 Å². The molecule has 1 heterocycles. The summed E-state index contributed by atoms with van der Waals surface area (Å²) in [7, 11) is 0. The fourth-order valence-electron chi connectivity index (χ4n) is 1.93. The van der Waals surface area contributed by atoms with Crippen LogP contribution in [0.5, 0.6) is 11.6 Å². The van der Waals surface area contributed by atoms with Crippen LogP contribution < -0.4 is 4.74 Å². The van der Waals surface area contributed by atoms with Crippen molar-refractivity contribution in [3.63, 3.8) is 0 Å². The highest BCUT2D eigenvalue weighted by Crippen LogP contribution is 2.32. The molecule has 0 N–H and O–H groups in total. The molecule has 0 bridgehead atoms. The minimum Gasteiger partial charge on any atom is -0.438 e. The standard InChI is InChI=1S/C17H20BrNO/c1-11-8-14(18)16(19-10-11)20-15-7-6-13(9-12(15)2)17(3,4)5/h6-10H,1-5H3. The normalized spacial score (nSPS) is 11.5. The Morgan fingerprint density at radius 3 is 2.35 bits per heavy atom. The van der Waals surface area contributed by atoms with Crippen molar-refractivity contribution in [3.05, 3.63) is 51.6 Å². The van der Waals surface area contributed by atoms with Gasteiger partial charge in [-0.25, -0.2) is 4.98 Å². The summed E-state index contributed by atoms with van der Waals surface area (Å²) in [5, 5.41) is 0. The number of hydrogen-bond donors (Lipinski definition) is 0. The smallest absolute Gasteiger partial charge is 0.233 e. The Kier molecular flexibility index (Phi) is 4.19. The number of rotatable bonds is 2. The van der Waals surface area contributed by atoms with Gasteiger partial charge in [-0.15, -0.1) is 0 Å². The van der Waals surface area contributed by atoms with Crippen molar-refractivity contribution in [2.24, 2.45) is 0 Å². The number of ether oxygens (including phenoxy) is 1. The number of aromatic nitrogens is 1. The highest BCUT2D eigenvalue weighted by Gasteiger charge is 2.15. The van der Waals surface area contributed by atoms with Crippen molar-refractivity contribution in [1.29, 1.82) is 0 Å². The van der Waals surface area contributed by atoms with Crippen molar-refractivity contribution < 1.29 is 4.74 Å². The van der Waals surface area contributed by atoms with Crippen LogP contribution in [0.2, 0.25) is 0 Å². The molecule has 0 aliphatic carbocycles. The Morgan fingerprint density at radius 2 is 1.80 bits per heavy atom. The summed E-state index contributed by atoms with van der Waals surface area (Å²) in [4.78, 5) is 4.32. The summed E-state index contributed by atoms with van der Waals surface area (Å²) in [6.07, 6.45) is 1.80. The van der Waals surface area contributed by atoms with Crippen LogP contribution in [0.4, 0.5) is 0 Å². The van der Waals surface area contributed by atoms with E-state index in [9.17, 15) is 0 Å². The summed E-state index contributed by atoms with van der Waals surface area (Å²) in [6.45, 7) is 10.7.